The lowest BCUT2D eigenvalue weighted by molar-refractivity contribution is 0.414. The van der Waals surface area contributed by atoms with Gasteiger partial charge in [-0.1, -0.05) is 17.3 Å². The van der Waals surface area contributed by atoms with Crippen molar-refractivity contribution in [3.05, 3.63) is 53.5 Å². The van der Waals surface area contributed by atoms with Crippen LogP contribution >= 0.6 is 0 Å². The molecule has 3 rings (SSSR count). The van der Waals surface area contributed by atoms with Crippen molar-refractivity contribution in [1.82, 2.24) is 15.1 Å². The van der Waals surface area contributed by atoms with Crippen molar-refractivity contribution < 1.29 is 9.26 Å². The van der Waals surface area contributed by atoms with Gasteiger partial charge in [-0.15, -0.1) is 0 Å². The molecular formula is C15H12N4O2. The Hall–Kier alpha value is -3.07. The summed E-state index contributed by atoms with van der Waals surface area (Å²) in [5.41, 5.74) is 2.12. The van der Waals surface area contributed by atoms with E-state index < -0.39 is 0 Å². The van der Waals surface area contributed by atoms with Crippen LogP contribution in [0.3, 0.4) is 0 Å². The molecule has 104 valence electrons. The summed E-state index contributed by atoms with van der Waals surface area (Å²) < 4.78 is 10.4. The maximum absolute atomic E-state index is 8.79. The van der Waals surface area contributed by atoms with E-state index >= 15 is 0 Å². The third-order valence-electron chi connectivity index (χ3n) is 3.00. The molecule has 0 radical (unpaired) electrons. The monoisotopic (exact) mass is 280 g/mol. The Morgan fingerprint density at radius 1 is 1.33 bits per heavy atom. The number of hydrogen-bond acceptors (Lipinski definition) is 5. The van der Waals surface area contributed by atoms with Crippen molar-refractivity contribution in [3.8, 4) is 23.4 Å². The second-order valence-electron chi connectivity index (χ2n) is 4.44. The Bertz CT molecular complexity index is 798. The van der Waals surface area contributed by atoms with Crippen molar-refractivity contribution in [2.24, 2.45) is 0 Å². The lowest BCUT2D eigenvalue weighted by atomic mass is 10.1. The minimum atomic E-state index is 0.370. The number of nitriles is 1. The summed E-state index contributed by atoms with van der Waals surface area (Å²) in [5.74, 6) is 1.74. The van der Waals surface area contributed by atoms with Crippen molar-refractivity contribution >= 4 is 0 Å². The van der Waals surface area contributed by atoms with Crippen LogP contribution in [0, 0.1) is 11.3 Å². The highest BCUT2D eigenvalue weighted by Gasteiger charge is 2.11. The highest BCUT2D eigenvalue weighted by Crippen LogP contribution is 2.19. The van der Waals surface area contributed by atoms with Gasteiger partial charge in [0.1, 0.15) is 23.2 Å². The highest BCUT2D eigenvalue weighted by molar-refractivity contribution is 5.49. The fourth-order valence-electron chi connectivity index (χ4n) is 1.99. The Kier molecular flexibility index (Phi) is 3.39. The van der Waals surface area contributed by atoms with Crippen molar-refractivity contribution in [3.63, 3.8) is 0 Å². The molecule has 6 nitrogen and oxygen atoms in total. The van der Waals surface area contributed by atoms with E-state index in [0.29, 0.717) is 29.5 Å². The number of ether oxygens (including phenoxy) is 1. The molecule has 0 saturated heterocycles. The maximum atomic E-state index is 8.79. The minimum Gasteiger partial charge on any atom is -0.497 e. The molecule has 1 aromatic carbocycles. The number of aromatic nitrogens is 3. The predicted molar refractivity (Wildman–Crippen MR) is 74.6 cm³/mol. The molecule has 0 bridgehead atoms. The van der Waals surface area contributed by atoms with Crippen LogP contribution in [-0.2, 0) is 6.42 Å². The lowest BCUT2D eigenvalue weighted by Gasteiger charge is -2.01. The number of rotatable bonds is 4. The molecule has 3 aromatic rings. The first kappa shape index (κ1) is 12.9. The maximum Gasteiger partial charge on any atom is 0.274 e. The summed E-state index contributed by atoms with van der Waals surface area (Å²) >= 11 is 0. The van der Waals surface area contributed by atoms with E-state index in [1.807, 2.05) is 30.3 Å². The molecule has 0 aliphatic rings. The van der Waals surface area contributed by atoms with E-state index in [1.54, 1.807) is 19.2 Å². The van der Waals surface area contributed by atoms with Crippen LogP contribution in [0.2, 0.25) is 0 Å². The van der Waals surface area contributed by atoms with Gasteiger partial charge in [0.25, 0.3) is 5.89 Å². The Morgan fingerprint density at radius 3 is 3.00 bits per heavy atom. The first-order chi connectivity index (χ1) is 10.3. The molecule has 0 spiro atoms. The summed E-state index contributed by atoms with van der Waals surface area (Å²) in [6.45, 7) is 0. The predicted octanol–water partition coefficient (Wildman–Crippen LogP) is 2.54. The normalized spacial score (nSPS) is 10.3. The van der Waals surface area contributed by atoms with E-state index in [-0.39, 0.29) is 0 Å². The molecule has 21 heavy (non-hydrogen) atoms. The summed E-state index contributed by atoms with van der Waals surface area (Å²) in [5, 5.41) is 12.7. The van der Waals surface area contributed by atoms with Gasteiger partial charge in [-0.05, 0) is 29.8 Å². The zero-order valence-corrected chi connectivity index (χ0v) is 11.3. The topological polar surface area (TPSA) is 87.7 Å². The molecule has 0 unspecified atom stereocenters. The van der Waals surface area contributed by atoms with Gasteiger partial charge in [0.15, 0.2) is 5.82 Å². The van der Waals surface area contributed by atoms with Gasteiger partial charge in [-0.3, -0.25) is 0 Å². The van der Waals surface area contributed by atoms with Gasteiger partial charge in [-0.2, -0.15) is 10.2 Å². The molecule has 0 aliphatic carbocycles. The number of benzene rings is 1. The average Bonchev–Trinajstić information content (AvgIpc) is 3.16. The van der Waals surface area contributed by atoms with Crippen LogP contribution in [0.1, 0.15) is 17.1 Å². The van der Waals surface area contributed by atoms with Gasteiger partial charge in [0.2, 0.25) is 0 Å². The van der Waals surface area contributed by atoms with E-state index in [0.717, 1.165) is 11.3 Å². The fourth-order valence-corrected chi connectivity index (χ4v) is 1.99. The van der Waals surface area contributed by atoms with Crippen LogP contribution in [-0.4, -0.2) is 22.2 Å². The number of hydrogen-bond donors (Lipinski definition) is 1. The quantitative estimate of drug-likeness (QED) is 0.793. The summed E-state index contributed by atoms with van der Waals surface area (Å²) in [6.07, 6.45) is 0.548. The Balaban J connectivity index is 1.80. The van der Waals surface area contributed by atoms with E-state index in [2.05, 4.69) is 15.1 Å². The fraction of sp³-hybridized carbons (Fsp3) is 0.133. The van der Waals surface area contributed by atoms with Crippen molar-refractivity contribution in [2.45, 2.75) is 6.42 Å². The number of nitrogens with zero attached hydrogens (tertiary/aromatic N) is 3. The minimum absolute atomic E-state index is 0.370. The summed E-state index contributed by atoms with van der Waals surface area (Å²) in [7, 11) is 1.63. The van der Waals surface area contributed by atoms with E-state index in [9.17, 15) is 0 Å². The molecular weight excluding hydrogens is 268 g/mol. The largest absolute Gasteiger partial charge is 0.497 e. The smallest absolute Gasteiger partial charge is 0.274 e. The van der Waals surface area contributed by atoms with Crippen LogP contribution in [0.25, 0.3) is 11.6 Å². The number of aromatic amines is 1. The molecule has 0 saturated carbocycles. The molecule has 0 fully saturated rings. The molecule has 1 N–H and O–H groups in total. The summed E-state index contributed by atoms with van der Waals surface area (Å²) in [6, 6.07) is 13.1. The third-order valence-corrected chi connectivity index (χ3v) is 3.00. The Morgan fingerprint density at radius 2 is 2.24 bits per heavy atom. The standard InChI is InChI=1S/C15H12N4O2/c1-20-12-4-2-3-10(7-12)8-14-18-15(21-19-14)13-6-5-11(9-16)17-13/h2-7,17H,8H2,1H3. The molecule has 2 aromatic heterocycles. The molecule has 2 heterocycles. The first-order valence-corrected chi connectivity index (χ1v) is 6.33. The molecule has 0 aliphatic heterocycles. The lowest BCUT2D eigenvalue weighted by Crippen LogP contribution is -1.92. The first-order valence-electron chi connectivity index (χ1n) is 6.33. The number of methoxy groups -OCH3 is 1. The van der Waals surface area contributed by atoms with Crippen molar-refractivity contribution in [2.75, 3.05) is 7.11 Å². The number of nitrogens with one attached hydrogen (secondary N) is 1. The average molecular weight is 280 g/mol. The van der Waals surface area contributed by atoms with Crippen LogP contribution < -0.4 is 4.74 Å². The Labute approximate surface area is 121 Å². The van der Waals surface area contributed by atoms with Gasteiger partial charge in [0.05, 0.1) is 7.11 Å². The van der Waals surface area contributed by atoms with Gasteiger partial charge in [-0.25, -0.2) is 0 Å². The highest BCUT2D eigenvalue weighted by atomic mass is 16.5. The second-order valence-corrected chi connectivity index (χ2v) is 4.44. The third kappa shape index (κ3) is 2.77. The molecule has 0 atom stereocenters. The second kappa shape index (κ2) is 5.51. The number of H-pyrrole nitrogens is 1. The molecule has 0 amide bonds. The van der Waals surface area contributed by atoms with E-state index in [1.165, 1.54) is 0 Å². The van der Waals surface area contributed by atoms with Crippen LogP contribution in [0.5, 0.6) is 5.75 Å². The zero-order valence-electron chi connectivity index (χ0n) is 11.3. The molecule has 6 heteroatoms. The summed E-state index contributed by atoms with van der Waals surface area (Å²) in [4.78, 5) is 7.22. The SMILES string of the molecule is COc1cccc(Cc2noc(-c3ccc(C#N)[nH]3)n2)c1. The van der Waals surface area contributed by atoms with Crippen molar-refractivity contribution in [1.29, 1.82) is 5.26 Å². The van der Waals surface area contributed by atoms with Gasteiger partial charge < -0.3 is 14.2 Å². The van der Waals surface area contributed by atoms with E-state index in [4.69, 9.17) is 14.5 Å². The van der Waals surface area contributed by atoms with Gasteiger partial charge >= 0.3 is 0 Å². The van der Waals surface area contributed by atoms with Crippen LogP contribution in [0.4, 0.5) is 0 Å². The zero-order chi connectivity index (χ0) is 14.7. The van der Waals surface area contributed by atoms with Crippen LogP contribution in [0.15, 0.2) is 40.9 Å². The van der Waals surface area contributed by atoms with Gasteiger partial charge in [0, 0.05) is 6.42 Å².